The molecule has 1 aliphatic carbocycles. The second kappa shape index (κ2) is 19.7. The molecule has 66 heavy (non-hydrogen) atoms. The van der Waals surface area contributed by atoms with Crippen LogP contribution in [0.3, 0.4) is 0 Å². The smallest absolute Gasteiger partial charge is 0.264 e. The van der Waals surface area contributed by atoms with Crippen LogP contribution in [-0.4, -0.2) is 123 Å². The van der Waals surface area contributed by atoms with E-state index in [-0.39, 0.29) is 88.3 Å². The van der Waals surface area contributed by atoms with Crippen LogP contribution in [0.25, 0.3) is 10.4 Å². The lowest BCUT2D eigenvalue weighted by molar-refractivity contribution is -0.145. The number of aliphatic hydroxyl groups excluding tert-OH is 1. The highest BCUT2D eigenvalue weighted by Gasteiger charge is 2.53. The Kier molecular flexibility index (Phi) is 14.2. The molecule has 1 aromatic heterocycles. The average Bonchev–Trinajstić information content (AvgIpc) is 3.54. The van der Waals surface area contributed by atoms with Crippen LogP contribution in [0, 0.1) is 12.3 Å². The van der Waals surface area contributed by atoms with Crippen molar-refractivity contribution in [3.63, 3.8) is 0 Å². The van der Waals surface area contributed by atoms with Crippen LogP contribution in [0.2, 0.25) is 0 Å². The lowest BCUT2D eigenvalue weighted by Crippen LogP contribution is -2.59. The number of thiazole rings is 1. The number of aromatic nitrogens is 1. The number of β-amino-alcohol motifs (C(OH)–C–C–N with tert-alkyl or cyclic N) is 1. The maximum atomic E-state index is 14.6. The predicted molar refractivity (Wildman–Crippen MR) is 239 cm³/mol. The molecule has 2 aromatic carbocycles. The number of aliphatic hydroxyl groups is 1. The zero-order chi connectivity index (χ0) is 47.5. The van der Waals surface area contributed by atoms with Gasteiger partial charge in [-0.05, 0) is 68.2 Å². The number of nitrogens with one attached hydrogen (secondary N) is 5. The summed E-state index contributed by atoms with van der Waals surface area (Å²) in [6.45, 7) is 7.72. The first-order valence-electron chi connectivity index (χ1n) is 22.1. The number of benzene rings is 2. The molecule has 4 heterocycles. The summed E-state index contributed by atoms with van der Waals surface area (Å²) in [5, 5.41) is 24.2. The van der Waals surface area contributed by atoms with Crippen molar-refractivity contribution in [2.45, 2.75) is 116 Å². The molecule has 4 aliphatic rings. The molecule has 3 aliphatic heterocycles. The van der Waals surface area contributed by atoms with Crippen LogP contribution >= 0.6 is 11.3 Å². The number of carbonyl (C=O) groups excluding carboxylic acids is 8. The molecule has 0 spiro atoms. The number of hydrogen-bond donors (Lipinski definition) is 6. The van der Waals surface area contributed by atoms with E-state index in [1.807, 2.05) is 25.1 Å². The fourth-order valence-corrected chi connectivity index (χ4v) is 9.09. The van der Waals surface area contributed by atoms with E-state index in [0.29, 0.717) is 29.8 Å². The maximum absolute atomic E-state index is 14.6. The third kappa shape index (κ3) is 10.5. The lowest BCUT2D eigenvalue weighted by Gasteiger charge is -2.35. The lowest BCUT2D eigenvalue weighted by atomic mass is 9.85. The van der Waals surface area contributed by atoms with Crippen LogP contribution in [0.5, 0.6) is 5.75 Å². The fraction of sp³-hybridized carbons (Fsp3) is 0.500. The third-order valence-corrected chi connectivity index (χ3v) is 13.1. The number of rotatable bonds is 18. The summed E-state index contributed by atoms with van der Waals surface area (Å²) in [5.41, 5.74) is 1.94. The first kappa shape index (κ1) is 47.7. The van der Waals surface area contributed by atoms with Crippen molar-refractivity contribution in [2.75, 3.05) is 31.6 Å². The number of amides is 8. The van der Waals surface area contributed by atoms with E-state index >= 15 is 0 Å². The quantitative estimate of drug-likeness (QED) is 0.0797. The van der Waals surface area contributed by atoms with Gasteiger partial charge in [0.2, 0.25) is 29.5 Å². The summed E-state index contributed by atoms with van der Waals surface area (Å²) in [6, 6.07) is 7.11. The molecule has 7 rings (SSSR count). The Bertz CT molecular complexity index is 2430. The Morgan fingerprint density at radius 2 is 1.82 bits per heavy atom. The predicted octanol–water partition coefficient (Wildman–Crippen LogP) is 2.91. The summed E-state index contributed by atoms with van der Waals surface area (Å²) in [4.78, 5) is 111. The number of fused-ring (bicyclic) bond motifs is 1. The van der Waals surface area contributed by atoms with E-state index < -0.39 is 76.7 Å². The Morgan fingerprint density at radius 3 is 2.52 bits per heavy atom. The summed E-state index contributed by atoms with van der Waals surface area (Å²) >= 11 is 1.47. The fourth-order valence-electron chi connectivity index (χ4n) is 8.29. The third-order valence-electron chi connectivity index (χ3n) is 12.2. The van der Waals surface area contributed by atoms with Crippen molar-refractivity contribution in [2.24, 2.45) is 5.41 Å². The molecule has 18 nitrogen and oxygen atoms in total. The molecular formula is C46H55FN8O10S. The van der Waals surface area contributed by atoms with Crippen molar-refractivity contribution in [1.82, 2.24) is 36.1 Å². The number of ether oxygens (including phenoxy) is 1. The SMILES string of the molecule is Cc1ncsc1-c1ccc(CNC(=O)[C@@H]2C[C@@H](O)CN2C(=O)[C@@H](NC(=O)C2(F)CC2)C(C)(C)C)c(OCCCCC(=O)NCCNc2cccc3c2C(=O)N(C2CCC(=O)NC2=O)C3=O)c1. The summed E-state index contributed by atoms with van der Waals surface area (Å²) in [6.07, 6.45) is 0.451. The molecule has 6 N–H and O–H groups in total. The first-order chi connectivity index (χ1) is 31.4. The number of hydrogen-bond acceptors (Lipinski definition) is 13. The van der Waals surface area contributed by atoms with Gasteiger partial charge in [-0.25, -0.2) is 9.37 Å². The van der Waals surface area contributed by atoms with Crippen molar-refractivity contribution >= 4 is 64.3 Å². The Morgan fingerprint density at radius 1 is 1.05 bits per heavy atom. The molecule has 0 radical (unpaired) electrons. The number of carbonyl (C=O) groups is 8. The maximum Gasteiger partial charge on any atom is 0.264 e. The minimum absolute atomic E-state index is 0.0150. The van der Waals surface area contributed by atoms with Crippen LogP contribution < -0.4 is 31.3 Å². The summed E-state index contributed by atoms with van der Waals surface area (Å²) < 4.78 is 20.9. The second-order valence-electron chi connectivity index (χ2n) is 18.2. The van der Waals surface area contributed by atoms with Crippen LogP contribution in [0.15, 0.2) is 41.9 Å². The summed E-state index contributed by atoms with van der Waals surface area (Å²) in [5.74, 6) is -4.04. The number of piperidine rings is 1. The minimum Gasteiger partial charge on any atom is -0.493 e. The van der Waals surface area contributed by atoms with Gasteiger partial charge < -0.3 is 36.0 Å². The Labute approximate surface area is 384 Å². The van der Waals surface area contributed by atoms with Crippen molar-refractivity contribution in [3.8, 4) is 16.2 Å². The highest BCUT2D eigenvalue weighted by atomic mass is 32.1. The molecule has 1 saturated carbocycles. The van der Waals surface area contributed by atoms with Crippen molar-refractivity contribution in [1.29, 1.82) is 0 Å². The average molecular weight is 931 g/mol. The molecule has 20 heteroatoms. The molecule has 3 fully saturated rings. The number of anilines is 1. The highest BCUT2D eigenvalue weighted by Crippen LogP contribution is 2.41. The normalized spacial score (nSPS) is 20.4. The zero-order valence-corrected chi connectivity index (χ0v) is 38.1. The van der Waals surface area contributed by atoms with Crippen LogP contribution in [0.4, 0.5) is 10.1 Å². The molecule has 352 valence electrons. The van der Waals surface area contributed by atoms with Gasteiger partial charge in [-0.1, -0.05) is 39.0 Å². The molecule has 3 aromatic rings. The number of likely N-dealkylation sites (tertiary alicyclic amines) is 1. The summed E-state index contributed by atoms with van der Waals surface area (Å²) in [7, 11) is 0. The molecular weight excluding hydrogens is 876 g/mol. The highest BCUT2D eigenvalue weighted by molar-refractivity contribution is 7.13. The number of aryl methyl sites for hydroxylation is 1. The van der Waals surface area contributed by atoms with Crippen molar-refractivity contribution in [3.05, 3.63) is 64.3 Å². The van der Waals surface area contributed by atoms with Gasteiger partial charge in [-0.3, -0.25) is 48.6 Å². The van der Waals surface area contributed by atoms with Gasteiger partial charge in [0.05, 0.1) is 39.9 Å². The number of nitrogens with zero attached hydrogens (tertiary/aromatic N) is 3. The number of unbranched alkanes of at least 4 members (excludes halogenated alkanes) is 1. The molecule has 2 saturated heterocycles. The van der Waals surface area contributed by atoms with Gasteiger partial charge in [0.25, 0.3) is 17.7 Å². The monoisotopic (exact) mass is 930 g/mol. The van der Waals surface area contributed by atoms with E-state index in [9.17, 15) is 47.9 Å². The topological polar surface area (TPSA) is 246 Å². The van der Waals surface area contributed by atoms with E-state index in [1.54, 1.807) is 38.4 Å². The number of imide groups is 2. The number of halogens is 1. The number of alkyl halides is 1. The first-order valence-corrected chi connectivity index (χ1v) is 23.0. The van der Waals surface area contributed by atoms with Crippen LogP contribution in [-0.2, 0) is 35.3 Å². The zero-order valence-electron chi connectivity index (χ0n) is 37.3. The van der Waals surface area contributed by atoms with Gasteiger partial charge in [-0.2, -0.15) is 0 Å². The van der Waals surface area contributed by atoms with E-state index in [4.69, 9.17) is 4.74 Å². The second-order valence-corrected chi connectivity index (χ2v) is 19.1. The minimum atomic E-state index is -2.00. The van der Waals surface area contributed by atoms with Gasteiger partial charge in [-0.15, -0.1) is 11.3 Å². The van der Waals surface area contributed by atoms with E-state index in [2.05, 4.69) is 31.6 Å². The van der Waals surface area contributed by atoms with E-state index in [1.165, 1.54) is 22.3 Å². The molecule has 1 unspecified atom stereocenters. The molecule has 4 atom stereocenters. The standard InChI is InChI=1S/C46H55FN8O10S/c1-25-37(66-24-51-25)26-11-12-27(22-50-39(59)32-21-28(56)23-54(32)43(63)38(45(2,3)4)53-44(64)46(47)15-16-46)33(20-26)65-19-6-5-10-34(57)49-18-17-48-30-9-7-8-29-36(30)42(62)55(41(29)61)31-13-14-35(58)52-40(31)60/h7-9,11-12,20,24,28,31-32,38,48,56H,5-6,10,13-19,21-23H2,1-4H3,(H,49,57)(H,50,59)(H,53,64)(H,52,58,60)/t28-,31?,32+,38-/m1/s1. The Balaban J connectivity index is 0.900. The van der Waals surface area contributed by atoms with Crippen LogP contribution in [0.1, 0.15) is 104 Å². The van der Waals surface area contributed by atoms with Gasteiger partial charge in [0, 0.05) is 56.7 Å². The largest absolute Gasteiger partial charge is 0.493 e. The molecule has 0 bridgehead atoms. The van der Waals surface area contributed by atoms with E-state index in [0.717, 1.165) is 21.0 Å². The Hall–Kier alpha value is -6.28. The van der Waals surface area contributed by atoms with Crippen molar-refractivity contribution < 1.29 is 52.6 Å². The molecule has 8 amide bonds. The van der Waals surface area contributed by atoms with Gasteiger partial charge in [0.15, 0.2) is 5.67 Å². The van der Waals surface area contributed by atoms with Gasteiger partial charge in [0.1, 0.15) is 23.9 Å². The van der Waals surface area contributed by atoms with Gasteiger partial charge >= 0.3 is 0 Å².